The van der Waals surface area contributed by atoms with Gasteiger partial charge in [0, 0.05) is 17.7 Å². The first-order chi connectivity index (χ1) is 11.5. The predicted molar refractivity (Wildman–Crippen MR) is 91.8 cm³/mol. The average molecular weight is 366 g/mol. The van der Waals surface area contributed by atoms with E-state index in [1.54, 1.807) is 25.1 Å². The largest absolute Gasteiger partial charge is 0.326 e. The lowest BCUT2D eigenvalue weighted by atomic mass is 10.1. The summed E-state index contributed by atoms with van der Waals surface area (Å²) in [5, 5.41) is 6.19. The van der Waals surface area contributed by atoms with E-state index < -0.39 is 0 Å². The number of amides is 1. The molecule has 2 aromatic heterocycles. The van der Waals surface area contributed by atoms with E-state index in [9.17, 15) is 9.59 Å². The molecule has 24 heavy (non-hydrogen) atoms. The Bertz CT molecular complexity index is 980. The Morgan fingerprint density at radius 2 is 2.12 bits per heavy atom. The molecule has 0 aliphatic carbocycles. The van der Waals surface area contributed by atoms with E-state index in [0.29, 0.717) is 32.8 Å². The number of halogens is 2. The minimum absolute atomic E-state index is 0.137. The zero-order valence-corrected chi connectivity index (χ0v) is 14.1. The van der Waals surface area contributed by atoms with Crippen LogP contribution in [-0.4, -0.2) is 25.5 Å². The highest BCUT2D eigenvalue weighted by Gasteiger charge is 2.13. The molecule has 3 rings (SSSR count). The summed E-state index contributed by atoms with van der Waals surface area (Å²) in [6.07, 6.45) is 1.80. The molecule has 0 saturated carbocycles. The zero-order valence-electron chi connectivity index (χ0n) is 12.6. The lowest BCUT2D eigenvalue weighted by Crippen LogP contribution is -2.23. The van der Waals surface area contributed by atoms with E-state index in [-0.39, 0.29) is 24.3 Å². The predicted octanol–water partition coefficient (Wildman–Crippen LogP) is 2.60. The molecule has 0 radical (unpaired) electrons. The summed E-state index contributed by atoms with van der Waals surface area (Å²) in [6, 6.07) is 4.83. The van der Waals surface area contributed by atoms with Crippen LogP contribution in [0.1, 0.15) is 17.7 Å². The molecule has 3 aromatic rings. The molecule has 2 heterocycles. The number of aromatic nitrogens is 4. The summed E-state index contributed by atoms with van der Waals surface area (Å²) in [5.41, 5.74) is 1.33. The smallest absolute Gasteiger partial charge is 0.277 e. The SMILES string of the molecule is Cc1nc2nc[nH]n2c(=O)c1CCC(=O)Nc1ccc(Cl)c(Cl)c1. The number of aromatic amines is 1. The summed E-state index contributed by atoms with van der Waals surface area (Å²) >= 11 is 11.7. The molecular weight excluding hydrogens is 353 g/mol. The van der Waals surface area contributed by atoms with Crippen LogP contribution in [0.4, 0.5) is 5.69 Å². The maximum Gasteiger partial charge on any atom is 0.277 e. The van der Waals surface area contributed by atoms with E-state index in [2.05, 4.69) is 20.4 Å². The van der Waals surface area contributed by atoms with Crippen molar-refractivity contribution in [3.05, 3.63) is 56.2 Å². The van der Waals surface area contributed by atoms with Crippen LogP contribution < -0.4 is 10.9 Å². The van der Waals surface area contributed by atoms with Gasteiger partial charge < -0.3 is 5.32 Å². The number of carbonyl (C=O) groups is 1. The molecule has 2 N–H and O–H groups in total. The zero-order chi connectivity index (χ0) is 17.3. The molecule has 0 aliphatic rings. The van der Waals surface area contributed by atoms with Gasteiger partial charge in [-0.1, -0.05) is 23.2 Å². The van der Waals surface area contributed by atoms with Crippen molar-refractivity contribution in [1.82, 2.24) is 19.6 Å². The summed E-state index contributed by atoms with van der Waals surface area (Å²) < 4.78 is 1.25. The van der Waals surface area contributed by atoms with Crippen molar-refractivity contribution in [2.45, 2.75) is 19.8 Å². The van der Waals surface area contributed by atoms with Crippen molar-refractivity contribution in [2.75, 3.05) is 5.32 Å². The molecule has 9 heteroatoms. The Labute approximate surface area is 146 Å². The average Bonchev–Trinajstić information content (AvgIpc) is 2.99. The number of hydrogen-bond acceptors (Lipinski definition) is 4. The molecule has 1 aromatic carbocycles. The van der Waals surface area contributed by atoms with Crippen molar-refractivity contribution in [1.29, 1.82) is 0 Å². The number of fused-ring (bicyclic) bond motifs is 1. The second-order valence-corrected chi connectivity index (χ2v) is 6.00. The molecule has 7 nitrogen and oxygen atoms in total. The highest BCUT2D eigenvalue weighted by molar-refractivity contribution is 6.42. The van der Waals surface area contributed by atoms with Crippen molar-refractivity contribution >= 4 is 40.6 Å². The lowest BCUT2D eigenvalue weighted by molar-refractivity contribution is -0.116. The summed E-state index contributed by atoms with van der Waals surface area (Å²) in [6.45, 7) is 1.72. The fourth-order valence-electron chi connectivity index (χ4n) is 2.32. The molecule has 1 amide bonds. The first-order valence-electron chi connectivity index (χ1n) is 7.12. The number of carbonyl (C=O) groups excluding carboxylic acids is 1. The number of rotatable bonds is 4. The summed E-state index contributed by atoms with van der Waals surface area (Å²) in [4.78, 5) is 32.6. The van der Waals surface area contributed by atoms with Gasteiger partial charge in [-0.05, 0) is 31.5 Å². The number of benzene rings is 1. The van der Waals surface area contributed by atoms with Gasteiger partial charge in [0.1, 0.15) is 6.33 Å². The molecule has 0 atom stereocenters. The maximum atomic E-state index is 12.4. The maximum absolute atomic E-state index is 12.4. The van der Waals surface area contributed by atoms with Gasteiger partial charge >= 0.3 is 0 Å². The molecule has 0 saturated heterocycles. The normalized spacial score (nSPS) is 11.0. The highest BCUT2D eigenvalue weighted by Crippen LogP contribution is 2.25. The number of anilines is 1. The van der Waals surface area contributed by atoms with Gasteiger partial charge in [0.25, 0.3) is 11.3 Å². The minimum atomic E-state index is -0.252. The third kappa shape index (κ3) is 3.27. The molecule has 0 fully saturated rings. The van der Waals surface area contributed by atoms with E-state index in [1.807, 2.05) is 0 Å². The number of H-pyrrole nitrogens is 1. The van der Waals surface area contributed by atoms with Gasteiger partial charge in [-0.3, -0.25) is 14.7 Å². The van der Waals surface area contributed by atoms with E-state index in [1.165, 1.54) is 10.8 Å². The van der Waals surface area contributed by atoms with Crippen molar-refractivity contribution < 1.29 is 4.79 Å². The van der Waals surface area contributed by atoms with E-state index in [4.69, 9.17) is 23.2 Å². The first kappa shape index (κ1) is 16.5. The third-order valence-corrected chi connectivity index (χ3v) is 4.28. The van der Waals surface area contributed by atoms with Gasteiger partial charge in [-0.15, -0.1) is 0 Å². The molecule has 124 valence electrons. The second-order valence-electron chi connectivity index (χ2n) is 5.18. The van der Waals surface area contributed by atoms with Crippen LogP contribution in [0.15, 0.2) is 29.3 Å². The van der Waals surface area contributed by atoms with E-state index >= 15 is 0 Å². The molecule has 0 aliphatic heterocycles. The van der Waals surface area contributed by atoms with Crippen molar-refractivity contribution in [2.24, 2.45) is 0 Å². The van der Waals surface area contributed by atoms with Gasteiger partial charge in [0.2, 0.25) is 5.91 Å². The Hall–Kier alpha value is -2.38. The fraction of sp³-hybridized carbons (Fsp3) is 0.200. The van der Waals surface area contributed by atoms with Crippen LogP contribution in [0.5, 0.6) is 0 Å². The summed E-state index contributed by atoms with van der Waals surface area (Å²) in [7, 11) is 0. The fourth-order valence-corrected chi connectivity index (χ4v) is 2.62. The Balaban J connectivity index is 1.72. The topological polar surface area (TPSA) is 92.2 Å². The monoisotopic (exact) mass is 365 g/mol. The molecule has 0 bridgehead atoms. The molecular formula is C15H13Cl2N5O2. The van der Waals surface area contributed by atoms with Crippen LogP contribution in [0.3, 0.4) is 0 Å². The third-order valence-electron chi connectivity index (χ3n) is 3.54. The summed E-state index contributed by atoms with van der Waals surface area (Å²) in [5.74, 6) is 0.0726. The minimum Gasteiger partial charge on any atom is -0.326 e. The lowest BCUT2D eigenvalue weighted by Gasteiger charge is -2.07. The Morgan fingerprint density at radius 3 is 2.88 bits per heavy atom. The molecule has 0 unspecified atom stereocenters. The van der Waals surface area contributed by atoms with Crippen molar-refractivity contribution in [3.8, 4) is 0 Å². The Kier molecular flexibility index (Phi) is 4.55. The number of nitrogens with zero attached hydrogens (tertiary/aromatic N) is 3. The van der Waals surface area contributed by atoms with Crippen LogP contribution >= 0.6 is 23.2 Å². The number of aryl methyl sites for hydroxylation is 1. The quantitative estimate of drug-likeness (QED) is 0.743. The van der Waals surface area contributed by atoms with Gasteiger partial charge in [-0.25, -0.2) is 9.97 Å². The number of hydrogen-bond donors (Lipinski definition) is 2. The first-order valence-corrected chi connectivity index (χ1v) is 7.88. The van der Waals surface area contributed by atoms with Gasteiger partial charge in [0.05, 0.1) is 15.7 Å². The van der Waals surface area contributed by atoms with Crippen LogP contribution in [0.2, 0.25) is 10.0 Å². The highest BCUT2D eigenvalue weighted by atomic mass is 35.5. The second kappa shape index (κ2) is 6.62. The van der Waals surface area contributed by atoms with Crippen LogP contribution in [0.25, 0.3) is 5.78 Å². The number of nitrogens with one attached hydrogen (secondary N) is 2. The standard InChI is InChI=1S/C15H13Cl2N5O2/c1-8-10(14(24)22-15(20-8)18-7-19-22)3-5-13(23)21-9-2-4-11(16)12(17)6-9/h2,4,6-7H,3,5H2,1H3,(H,21,23)(H,18,19,20). The van der Waals surface area contributed by atoms with E-state index in [0.717, 1.165) is 0 Å². The van der Waals surface area contributed by atoms with Crippen LogP contribution in [0, 0.1) is 6.92 Å². The van der Waals surface area contributed by atoms with Gasteiger partial charge in [0.15, 0.2) is 0 Å². The molecule has 0 spiro atoms. The Morgan fingerprint density at radius 1 is 1.33 bits per heavy atom. The van der Waals surface area contributed by atoms with Gasteiger partial charge in [-0.2, -0.15) is 4.52 Å². The van der Waals surface area contributed by atoms with Crippen LogP contribution in [-0.2, 0) is 11.2 Å². The van der Waals surface area contributed by atoms with Crippen molar-refractivity contribution in [3.63, 3.8) is 0 Å².